The number of nitrogens with zero attached hydrogens (tertiary/aromatic N) is 2. The normalized spacial score (nSPS) is 20.4. The molecular weight excluding hydrogens is 208 g/mol. The Morgan fingerprint density at radius 2 is 2.24 bits per heavy atom. The first kappa shape index (κ1) is 12.2. The van der Waals surface area contributed by atoms with E-state index in [-0.39, 0.29) is 0 Å². The zero-order chi connectivity index (χ0) is 12.4. The predicted molar refractivity (Wildman–Crippen MR) is 74.3 cm³/mol. The average Bonchev–Trinajstić information content (AvgIpc) is 2.28. The highest BCUT2D eigenvalue weighted by molar-refractivity contribution is 5.61. The molecule has 0 spiro atoms. The van der Waals surface area contributed by atoms with Gasteiger partial charge < -0.3 is 4.90 Å². The number of aromatic nitrogens is 1. The molecular formula is C15H22N2. The molecule has 92 valence electrons. The Bertz CT molecular complexity index is 423. The Morgan fingerprint density at radius 3 is 2.82 bits per heavy atom. The fourth-order valence-electron chi connectivity index (χ4n) is 2.53. The Hall–Kier alpha value is -1.31. The summed E-state index contributed by atoms with van der Waals surface area (Å²) >= 11 is 0. The lowest BCUT2D eigenvalue weighted by Gasteiger charge is -2.33. The van der Waals surface area contributed by atoms with E-state index in [9.17, 15) is 0 Å². The van der Waals surface area contributed by atoms with Gasteiger partial charge in [-0.05, 0) is 50.3 Å². The highest BCUT2D eigenvalue weighted by Gasteiger charge is 2.18. The molecule has 2 heterocycles. The van der Waals surface area contributed by atoms with E-state index in [1.807, 2.05) is 6.92 Å². The highest BCUT2D eigenvalue weighted by Crippen LogP contribution is 2.26. The van der Waals surface area contributed by atoms with Gasteiger partial charge in [0.15, 0.2) is 0 Å². The molecule has 0 saturated carbocycles. The molecule has 1 fully saturated rings. The van der Waals surface area contributed by atoms with Crippen LogP contribution in [0.3, 0.4) is 0 Å². The van der Waals surface area contributed by atoms with Gasteiger partial charge >= 0.3 is 0 Å². The maximum atomic E-state index is 4.63. The average molecular weight is 230 g/mol. The summed E-state index contributed by atoms with van der Waals surface area (Å²) in [5, 5.41) is 0. The van der Waals surface area contributed by atoms with Crippen molar-refractivity contribution in [2.45, 2.75) is 33.6 Å². The van der Waals surface area contributed by atoms with Crippen molar-refractivity contribution in [1.82, 2.24) is 4.98 Å². The summed E-state index contributed by atoms with van der Waals surface area (Å²) < 4.78 is 0. The van der Waals surface area contributed by atoms with Crippen molar-refractivity contribution >= 4 is 11.3 Å². The highest BCUT2D eigenvalue weighted by atomic mass is 15.1. The molecule has 17 heavy (non-hydrogen) atoms. The molecule has 1 aliphatic rings. The number of pyridine rings is 1. The maximum absolute atomic E-state index is 4.63. The standard InChI is InChI=1S/C15H22N2/c1-11(2)14-7-8-15(13(4)16-14)17-9-5-6-12(3)10-17/h7-8,12H,1,5-6,9-10H2,2-4H3. The number of aryl methyl sites for hydroxylation is 1. The second-order valence-electron chi connectivity index (χ2n) is 5.27. The topological polar surface area (TPSA) is 16.1 Å². The molecule has 0 aromatic carbocycles. The SMILES string of the molecule is C=C(C)c1ccc(N2CCCC(C)C2)c(C)n1. The first-order valence-electron chi connectivity index (χ1n) is 6.46. The van der Waals surface area contributed by atoms with Crippen molar-refractivity contribution in [2.75, 3.05) is 18.0 Å². The van der Waals surface area contributed by atoms with E-state index < -0.39 is 0 Å². The number of anilines is 1. The van der Waals surface area contributed by atoms with Crippen LogP contribution in [0.25, 0.3) is 5.57 Å². The summed E-state index contributed by atoms with van der Waals surface area (Å²) in [6.07, 6.45) is 2.65. The van der Waals surface area contributed by atoms with Crippen LogP contribution in [0.2, 0.25) is 0 Å². The first-order valence-corrected chi connectivity index (χ1v) is 6.46. The van der Waals surface area contributed by atoms with Crippen LogP contribution in [-0.2, 0) is 0 Å². The van der Waals surface area contributed by atoms with Gasteiger partial charge in [-0.1, -0.05) is 13.5 Å². The van der Waals surface area contributed by atoms with Gasteiger partial charge in [0.05, 0.1) is 17.1 Å². The molecule has 1 atom stereocenters. The summed E-state index contributed by atoms with van der Waals surface area (Å²) in [6.45, 7) is 12.7. The van der Waals surface area contributed by atoms with Crippen LogP contribution in [-0.4, -0.2) is 18.1 Å². The van der Waals surface area contributed by atoms with Crippen LogP contribution in [0, 0.1) is 12.8 Å². The van der Waals surface area contributed by atoms with E-state index in [1.165, 1.54) is 25.1 Å². The Balaban J connectivity index is 2.23. The van der Waals surface area contributed by atoms with E-state index in [2.05, 4.69) is 42.4 Å². The summed E-state index contributed by atoms with van der Waals surface area (Å²) in [5.41, 5.74) is 4.46. The van der Waals surface area contributed by atoms with Crippen LogP contribution < -0.4 is 4.90 Å². The molecule has 1 saturated heterocycles. The Kier molecular flexibility index (Phi) is 3.51. The Morgan fingerprint density at radius 1 is 1.47 bits per heavy atom. The zero-order valence-electron chi connectivity index (χ0n) is 11.2. The Labute approximate surface area is 104 Å². The predicted octanol–water partition coefficient (Wildman–Crippen LogP) is 3.66. The molecule has 2 nitrogen and oxygen atoms in total. The van der Waals surface area contributed by atoms with E-state index in [0.29, 0.717) is 0 Å². The van der Waals surface area contributed by atoms with Crippen molar-refractivity contribution in [3.8, 4) is 0 Å². The fraction of sp³-hybridized carbons (Fsp3) is 0.533. The number of rotatable bonds is 2. The maximum Gasteiger partial charge on any atom is 0.0657 e. The molecule has 0 amide bonds. The van der Waals surface area contributed by atoms with E-state index in [4.69, 9.17) is 0 Å². The number of allylic oxidation sites excluding steroid dienone is 1. The summed E-state index contributed by atoms with van der Waals surface area (Å²) in [5.74, 6) is 0.795. The van der Waals surface area contributed by atoms with Crippen molar-refractivity contribution in [3.63, 3.8) is 0 Å². The third-order valence-corrected chi connectivity index (χ3v) is 3.49. The minimum absolute atomic E-state index is 0.795. The largest absolute Gasteiger partial charge is 0.370 e. The van der Waals surface area contributed by atoms with Gasteiger partial charge in [-0.2, -0.15) is 0 Å². The summed E-state index contributed by atoms with van der Waals surface area (Å²) in [4.78, 5) is 7.10. The molecule has 1 aliphatic heterocycles. The quantitative estimate of drug-likeness (QED) is 0.770. The number of hydrogen-bond acceptors (Lipinski definition) is 2. The lowest BCUT2D eigenvalue weighted by Crippen LogP contribution is -2.34. The molecule has 0 N–H and O–H groups in total. The van der Waals surface area contributed by atoms with Gasteiger partial charge in [0.1, 0.15) is 0 Å². The van der Waals surface area contributed by atoms with E-state index in [1.54, 1.807) is 0 Å². The molecule has 2 rings (SSSR count). The second kappa shape index (κ2) is 4.91. The number of piperidine rings is 1. The molecule has 2 heteroatoms. The van der Waals surface area contributed by atoms with E-state index >= 15 is 0 Å². The molecule has 0 radical (unpaired) electrons. The van der Waals surface area contributed by atoms with Gasteiger partial charge in [0, 0.05) is 13.1 Å². The lowest BCUT2D eigenvalue weighted by atomic mass is 9.99. The number of hydrogen-bond donors (Lipinski definition) is 0. The molecule has 0 aliphatic carbocycles. The zero-order valence-corrected chi connectivity index (χ0v) is 11.2. The molecule has 1 aromatic rings. The third kappa shape index (κ3) is 2.68. The third-order valence-electron chi connectivity index (χ3n) is 3.49. The monoisotopic (exact) mass is 230 g/mol. The van der Waals surface area contributed by atoms with E-state index in [0.717, 1.165) is 29.4 Å². The van der Waals surface area contributed by atoms with Gasteiger partial charge in [0.25, 0.3) is 0 Å². The second-order valence-corrected chi connectivity index (χ2v) is 5.27. The van der Waals surface area contributed by atoms with Crippen LogP contribution in [0.1, 0.15) is 38.1 Å². The first-order chi connectivity index (χ1) is 8.08. The van der Waals surface area contributed by atoms with Gasteiger partial charge in [-0.3, -0.25) is 4.98 Å². The van der Waals surface area contributed by atoms with Crippen LogP contribution in [0.4, 0.5) is 5.69 Å². The molecule has 0 bridgehead atoms. The fourth-order valence-corrected chi connectivity index (χ4v) is 2.53. The van der Waals surface area contributed by atoms with Gasteiger partial charge in [-0.15, -0.1) is 0 Å². The summed E-state index contributed by atoms with van der Waals surface area (Å²) in [6, 6.07) is 4.29. The smallest absolute Gasteiger partial charge is 0.0657 e. The lowest BCUT2D eigenvalue weighted by molar-refractivity contribution is 0.446. The van der Waals surface area contributed by atoms with Crippen molar-refractivity contribution in [3.05, 3.63) is 30.1 Å². The van der Waals surface area contributed by atoms with Crippen molar-refractivity contribution in [2.24, 2.45) is 5.92 Å². The van der Waals surface area contributed by atoms with Crippen molar-refractivity contribution in [1.29, 1.82) is 0 Å². The molecule has 1 aromatic heterocycles. The molecule has 1 unspecified atom stereocenters. The van der Waals surface area contributed by atoms with Crippen LogP contribution in [0.5, 0.6) is 0 Å². The minimum atomic E-state index is 0.795. The van der Waals surface area contributed by atoms with Gasteiger partial charge in [0.2, 0.25) is 0 Å². The van der Waals surface area contributed by atoms with Crippen molar-refractivity contribution < 1.29 is 0 Å². The van der Waals surface area contributed by atoms with Crippen LogP contribution in [0.15, 0.2) is 18.7 Å². The van der Waals surface area contributed by atoms with Crippen LogP contribution >= 0.6 is 0 Å². The summed E-state index contributed by atoms with van der Waals surface area (Å²) in [7, 11) is 0. The van der Waals surface area contributed by atoms with Gasteiger partial charge in [-0.25, -0.2) is 0 Å². The minimum Gasteiger partial charge on any atom is -0.370 e.